The molecule has 1 unspecified atom stereocenters. The Morgan fingerprint density at radius 2 is 2.33 bits per heavy atom. The normalized spacial score (nSPS) is 21.4. The second kappa shape index (κ2) is 5.95. The van der Waals surface area contributed by atoms with Gasteiger partial charge < -0.3 is 5.32 Å². The van der Waals surface area contributed by atoms with Crippen molar-refractivity contribution in [2.75, 3.05) is 6.54 Å². The van der Waals surface area contributed by atoms with Crippen molar-refractivity contribution in [2.24, 2.45) is 0 Å². The Kier molecular flexibility index (Phi) is 5.07. The lowest BCUT2D eigenvalue weighted by Crippen LogP contribution is -2.39. The topological polar surface area (TPSA) is 41.1 Å². The third-order valence-electron chi connectivity index (χ3n) is 2.66. The van der Waals surface area contributed by atoms with Crippen LogP contribution in [-0.4, -0.2) is 24.4 Å². The summed E-state index contributed by atoms with van der Waals surface area (Å²) in [5.74, 6) is -3.12. The number of aryl methyl sites for hydroxylation is 1. The second-order valence-electron chi connectivity index (χ2n) is 4.22. The Labute approximate surface area is 114 Å². The van der Waals surface area contributed by atoms with Gasteiger partial charge in [-0.05, 0) is 19.1 Å². The number of carbonyl (C=O) groups is 1. The molecule has 0 radical (unpaired) electrons. The van der Waals surface area contributed by atoms with E-state index in [0.29, 0.717) is 6.54 Å². The van der Waals surface area contributed by atoms with Gasteiger partial charge in [-0.2, -0.15) is 0 Å². The van der Waals surface area contributed by atoms with Crippen molar-refractivity contribution in [1.29, 1.82) is 0 Å². The summed E-state index contributed by atoms with van der Waals surface area (Å²) in [4.78, 5) is 13.8. The number of hydrogen-bond acceptors (Lipinski definition) is 3. The van der Waals surface area contributed by atoms with E-state index in [9.17, 15) is 13.6 Å². The minimum absolute atomic E-state index is 0. The quantitative estimate of drug-likeness (QED) is 0.897. The highest BCUT2D eigenvalue weighted by molar-refractivity contribution is 7.11. The predicted octanol–water partition coefficient (Wildman–Crippen LogP) is 2.09. The molecular formula is C11H15ClF2N2OS. The zero-order chi connectivity index (χ0) is 12.5. The van der Waals surface area contributed by atoms with Crippen LogP contribution in [0.25, 0.3) is 0 Å². The molecule has 18 heavy (non-hydrogen) atoms. The number of amides is 1. The molecule has 2 N–H and O–H groups in total. The third-order valence-corrected chi connectivity index (χ3v) is 3.66. The predicted molar refractivity (Wildman–Crippen MR) is 69.5 cm³/mol. The van der Waals surface area contributed by atoms with Gasteiger partial charge in [-0.3, -0.25) is 10.1 Å². The molecule has 2 rings (SSSR count). The smallest absolute Gasteiger partial charge is 0.262 e. The van der Waals surface area contributed by atoms with Gasteiger partial charge >= 0.3 is 0 Å². The van der Waals surface area contributed by atoms with Crippen molar-refractivity contribution < 1.29 is 13.6 Å². The fraction of sp³-hybridized carbons (Fsp3) is 0.545. The number of alkyl halides is 2. The van der Waals surface area contributed by atoms with E-state index in [1.165, 1.54) is 4.88 Å². The molecule has 1 aliphatic rings. The molecular weight excluding hydrogens is 282 g/mol. The van der Waals surface area contributed by atoms with E-state index in [1.807, 2.05) is 19.1 Å². The first kappa shape index (κ1) is 15.3. The maximum atomic E-state index is 12.9. The SMILES string of the molecule is Cc1ccc(CNC(=O)C2CC(F)(F)CN2)s1.Cl. The Hall–Kier alpha value is -0.720. The van der Waals surface area contributed by atoms with E-state index in [0.717, 1.165) is 4.88 Å². The van der Waals surface area contributed by atoms with Crippen molar-refractivity contribution in [3.8, 4) is 0 Å². The average Bonchev–Trinajstić information content (AvgIpc) is 2.81. The first-order valence-corrected chi connectivity index (χ1v) is 6.22. The standard InChI is InChI=1S/C11H14F2N2OS.ClH/c1-7-2-3-8(17-7)5-14-10(16)9-4-11(12,13)6-15-9;/h2-3,9,15H,4-6H2,1H3,(H,14,16);1H. The van der Waals surface area contributed by atoms with Gasteiger partial charge in [-0.25, -0.2) is 8.78 Å². The fourth-order valence-corrected chi connectivity index (χ4v) is 2.61. The Balaban J connectivity index is 0.00000162. The summed E-state index contributed by atoms with van der Waals surface area (Å²) >= 11 is 1.59. The van der Waals surface area contributed by atoms with Gasteiger partial charge in [0.25, 0.3) is 5.92 Å². The molecule has 1 aliphatic heterocycles. The van der Waals surface area contributed by atoms with Crippen LogP contribution in [0.15, 0.2) is 12.1 Å². The van der Waals surface area contributed by atoms with Crippen molar-refractivity contribution in [1.82, 2.24) is 10.6 Å². The highest BCUT2D eigenvalue weighted by Gasteiger charge is 2.42. The van der Waals surface area contributed by atoms with Crippen molar-refractivity contribution in [2.45, 2.75) is 31.9 Å². The number of thiophene rings is 1. The van der Waals surface area contributed by atoms with Crippen LogP contribution in [0.2, 0.25) is 0 Å². The number of nitrogens with one attached hydrogen (secondary N) is 2. The van der Waals surface area contributed by atoms with E-state index in [4.69, 9.17) is 0 Å². The van der Waals surface area contributed by atoms with E-state index in [-0.39, 0.29) is 18.3 Å². The molecule has 3 nitrogen and oxygen atoms in total. The average molecular weight is 297 g/mol. The molecule has 0 bridgehead atoms. The summed E-state index contributed by atoms with van der Waals surface area (Å²) < 4.78 is 25.8. The van der Waals surface area contributed by atoms with Gasteiger partial charge in [-0.15, -0.1) is 23.7 Å². The lowest BCUT2D eigenvalue weighted by molar-refractivity contribution is -0.123. The van der Waals surface area contributed by atoms with Crippen LogP contribution in [-0.2, 0) is 11.3 Å². The lowest BCUT2D eigenvalue weighted by Gasteiger charge is -2.10. The van der Waals surface area contributed by atoms with Crippen molar-refractivity contribution in [3.05, 3.63) is 21.9 Å². The van der Waals surface area contributed by atoms with Gasteiger partial charge in [0.1, 0.15) is 0 Å². The number of carbonyl (C=O) groups excluding carboxylic acids is 1. The van der Waals surface area contributed by atoms with Crippen LogP contribution in [0.3, 0.4) is 0 Å². The van der Waals surface area contributed by atoms with Gasteiger partial charge in [0.15, 0.2) is 0 Å². The third kappa shape index (κ3) is 3.90. The number of rotatable bonds is 3. The van der Waals surface area contributed by atoms with Crippen LogP contribution in [0.1, 0.15) is 16.2 Å². The molecule has 0 aromatic carbocycles. The van der Waals surface area contributed by atoms with Crippen LogP contribution in [0.5, 0.6) is 0 Å². The van der Waals surface area contributed by atoms with Gasteiger partial charge in [0, 0.05) is 16.2 Å². The molecule has 1 amide bonds. The highest BCUT2D eigenvalue weighted by atomic mass is 35.5. The van der Waals surface area contributed by atoms with Crippen LogP contribution in [0.4, 0.5) is 8.78 Å². The molecule has 0 saturated carbocycles. The summed E-state index contributed by atoms with van der Waals surface area (Å²) in [5, 5.41) is 5.20. The van der Waals surface area contributed by atoms with E-state index < -0.39 is 24.9 Å². The Morgan fingerprint density at radius 3 is 2.83 bits per heavy atom. The molecule has 7 heteroatoms. The molecule has 1 aromatic rings. The summed E-state index contributed by atoms with van der Waals surface area (Å²) in [6.07, 6.45) is -0.414. The van der Waals surface area contributed by atoms with Crippen LogP contribution >= 0.6 is 23.7 Å². The van der Waals surface area contributed by atoms with Crippen LogP contribution < -0.4 is 10.6 Å². The minimum atomic E-state index is -2.76. The molecule has 2 heterocycles. The summed E-state index contributed by atoms with van der Waals surface area (Å²) in [5.41, 5.74) is 0. The summed E-state index contributed by atoms with van der Waals surface area (Å²) in [7, 11) is 0. The first-order valence-electron chi connectivity index (χ1n) is 5.40. The van der Waals surface area contributed by atoms with Crippen molar-refractivity contribution in [3.63, 3.8) is 0 Å². The molecule has 1 aromatic heterocycles. The molecule has 1 saturated heterocycles. The number of halogens is 3. The summed E-state index contributed by atoms with van der Waals surface area (Å²) in [6.45, 7) is 1.97. The molecule has 102 valence electrons. The zero-order valence-corrected chi connectivity index (χ0v) is 11.5. The molecule has 0 aliphatic carbocycles. The minimum Gasteiger partial charge on any atom is -0.350 e. The van der Waals surface area contributed by atoms with E-state index >= 15 is 0 Å². The molecule has 1 fully saturated rings. The van der Waals surface area contributed by atoms with E-state index in [2.05, 4.69) is 10.6 Å². The van der Waals surface area contributed by atoms with Gasteiger partial charge in [0.05, 0.1) is 19.1 Å². The van der Waals surface area contributed by atoms with Crippen molar-refractivity contribution >= 4 is 29.7 Å². The Morgan fingerprint density at radius 1 is 1.61 bits per heavy atom. The van der Waals surface area contributed by atoms with E-state index in [1.54, 1.807) is 11.3 Å². The number of hydrogen-bond donors (Lipinski definition) is 2. The highest BCUT2D eigenvalue weighted by Crippen LogP contribution is 2.25. The zero-order valence-electron chi connectivity index (χ0n) is 9.83. The second-order valence-corrected chi connectivity index (χ2v) is 5.60. The maximum absolute atomic E-state index is 12.9. The largest absolute Gasteiger partial charge is 0.350 e. The van der Waals surface area contributed by atoms with Gasteiger partial charge in [0.2, 0.25) is 5.91 Å². The lowest BCUT2D eigenvalue weighted by atomic mass is 10.2. The first-order chi connectivity index (χ1) is 7.96. The summed E-state index contributed by atoms with van der Waals surface area (Å²) in [6, 6.07) is 3.12. The molecule has 0 spiro atoms. The monoisotopic (exact) mass is 296 g/mol. The molecule has 1 atom stereocenters. The van der Waals surface area contributed by atoms with Crippen LogP contribution in [0, 0.1) is 6.92 Å². The maximum Gasteiger partial charge on any atom is 0.262 e. The van der Waals surface area contributed by atoms with Gasteiger partial charge in [-0.1, -0.05) is 0 Å². The fourth-order valence-electron chi connectivity index (χ4n) is 1.78. The Bertz CT molecular complexity index is 425.